The zero-order chi connectivity index (χ0) is 22.5. The van der Waals surface area contributed by atoms with Crippen LogP contribution in [0.2, 0.25) is 0 Å². The third kappa shape index (κ3) is 21.6. The third-order valence-electron chi connectivity index (χ3n) is 5.83. The Bertz CT molecular complexity index is 425. The third-order valence-corrected chi connectivity index (χ3v) is 5.83. The number of carbonyl (C=O) groups is 2. The van der Waals surface area contributed by atoms with Gasteiger partial charge in [-0.15, -0.1) is 0 Å². The van der Waals surface area contributed by atoms with E-state index in [0.29, 0.717) is 24.0 Å². The summed E-state index contributed by atoms with van der Waals surface area (Å²) >= 11 is 0. The van der Waals surface area contributed by atoms with Crippen LogP contribution in [0.5, 0.6) is 0 Å². The highest BCUT2D eigenvalue weighted by Gasteiger charge is 2.14. The Kier molecular flexibility index (Phi) is 19.1. The van der Waals surface area contributed by atoms with E-state index in [2.05, 4.69) is 12.2 Å². The van der Waals surface area contributed by atoms with Crippen molar-refractivity contribution < 1.29 is 19.2 Å². The molecule has 1 N–H and O–H groups in total. The van der Waals surface area contributed by atoms with Crippen LogP contribution in [0.4, 0.5) is 0 Å². The molecule has 0 rings (SSSR count). The molecule has 5 nitrogen and oxygen atoms in total. The summed E-state index contributed by atoms with van der Waals surface area (Å²) in [6, 6.07) is 0. The van der Waals surface area contributed by atoms with Crippen molar-refractivity contribution in [1.29, 1.82) is 0 Å². The quantitative estimate of drug-likeness (QED) is 0.203. The number of likely N-dealkylation sites (N-methyl/N-ethyl adjacent to an activating group) is 1. The summed E-state index contributed by atoms with van der Waals surface area (Å²) in [6.45, 7) is 3.61. The molecule has 1 amide bonds. The topological polar surface area (TPSA) is 69.2 Å². The van der Waals surface area contributed by atoms with Gasteiger partial charge in [-0.2, -0.15) is 0 Å². The van der Waals surface area contributed by atoms with Crippen molar-refractivity contribution >= 4 is 11.9 Å². The molecule has 0 atom stereocenters. The van der Waals surface area contributed by atoms with Crippen LogP contribution in [0.15, 0.2) is 0 Å². The van der Waals surface area contributed by atoms with Gasteiger partial charge in [0, 0.05) is 19.4 Å². The number of nitrogens with zero attached hydrogens (tertiary/aromatic N) is 1. The average molecular weight is 427 g/mol. The van der Waals surface area contributed by atoms with E-state index in [4.69, 9.17) is 0 Å². The Hall–Kier alpha value is -1.10. The lowest BCUT2D eigenvalue weighted by molar-refractivity contribution is -0.884. The number of aliphatic carboxylic acids is 1. The molecule has 0 fully saturated rings. The lowest BCUT2D eigenvalue weighted by atomic mass is 10.0. The maximum Gasteiger partial charge on any atom is 0.219 e. The van der Waals surface area contributed by atoms with Gasteiger partial charge in [-0.05, 0) is 6.42 Å². The van der Waals surface area contributed by atoms with Crippen molar-refractivity contribution in [1.82, 2.24) is 5.32 Å². The molecule has 30 heavy (non-hydrogen) atoms. The van der Waals surface area contributed by atoms with E-state index in [0.717, 1.165) is 19.3 Å². The van der Waals surface area contributed by atoms with Crippen molar-refractivity contribution in [3.8, 4) is 0 Å². The number of quaternary nitrogens is 1. The van der Waals surface area contributed by atoms with E-state index >= 15 is 0 Å². The number of carbonyl (C=O) groups excluding carboxylic acids is 2. The van der Waals surface area contributed by atoms with E-state index in [-0.39, 0.29) is 12.5 Å². The van der Waals surface area contributed by atoms with Crippen molar-refractivity contribution in [3.05, 3.63) is 0 Å². The summed E-state index contributed by atoms with van der Waals surface area (Å²) in [5.74, 6) is -0.910. The number of carboxylic acid groups (broad SMARTS) is 1. The minimum absolute atomic E-state index is 0.00702. The molecule has 0 radical (unpaired) electrons. The maximum absolute atomic E-state index is 11.9. The molecule has 178 valence electrons. The molecule has 0 aromatic heterocycles. The zero-order valence-corrected chi connectivity index (χ0v) is 20.3. The number of hydrogen-bond acceptors (Lipinski definition) is 3. The molecule has 5 heteroatoms. The average Bonchev–Trinajstić information content (AvgIpc) is 2.67. The van der Waals surface area contributed by atoms with Gasteiger partial charge < -0.3 is 19.7 Å². The molecule has 0 saturated carbocycles. The van der Waals surface area contributed by atoms with Crippen LogP contribution in [0.1, 0.15) is 116 Å². The fourth-order valence-corrected chi connectivity index (χ4v) is 3.91. The molecule has 0 aliphatic carbocycles. The van der Waals surface area contributed by atoms with E-state index in [1.807, 2.05) is 14.1 Å². The second-order valence-corrected chi connectivity index (χ2v) is 9.59. The molecule has 0 aliphatic rings. The molecular weight excluding hydrogens is 376 g/mol. The summed E-state index contributed by atoms with van der Waals surface area (Å²) in [7, 11) is 3.74. The minimum Gasteiger partial charge on any atom is -0.544 e. The fourth-order valence-electron chi connectivity index (χ4n) is 3.91. The van der Waals surface area contributed by atoms with Gasteiger partial charge in [0.1, 0.15) is 6.54 Å². The highest BCUT2D eigenvalue weighted by atomic mass is 16.4. The predicted molar refractivity (Wildman–Crippen MR) is 124 cm³/mol. The molecule has 0 bridgehead atoms. The minimum atomic E-state index is -1.03. The Balaban J connectivity index is 3.31. The van der Waals surface area contributed by atoms with Crippen LogP contribution in [-0.4, -0.2) is 50.1 Å². The van der Waals surface area contributed by atoms with Gasteiger partial charge in [0.05, 0.1) is 26.6 Å². The van der Waals surface area contributed by atoms with E-state index < -0.39 is 5.97 Å². The van der Waals surface area contributed by atoms with Gasteiger partial charge in [0.15, 0.2) is 0 Å². The van der Waals surface area contributed by atoms with Gasteiger partial charge in [0.2, 0.25) is 5.91 Å². The molecule has 0 aliphatic heterocycles. The molecule has 0 heterocycles. The second kappa shape index (κ2) is 19.8. The number of carboxylic acids is 1. The van der Waals surface area contributed by atoms with E-state index in [1.165, 1.54) is 83.5 Å². The second-order valence-electron chi connectivity index (χ2n) is 9.59. The van der Waals surface area contributed by atoms with Crippen molar-refractivity contribution in [2.45, 2.75) is 116 Å². The van der Waals surface area contributed by atoms with Crippen molar-refractivity contribution in [2.75, 3.05) is 33.7 Å². The van der Waals surface area contributed by atoms with Gasteiger partial charge in [-0.3, -0.25) is 4.79 Å². The van der Waals surface area contributed by atoms with E-state index in [1.54, 1.807) is 0 Å². The van der Waals surface area contributed by atoms with E-state index in [9.17, 15) is 14.7 Å². The first-order valence-electron chi connectivity index (χ1n) is 12.7. The summed E-state index contributed by atoms with van der Waals surface area (Å²) in [4.78, 5) is 22.5. The molecule has 0 aromatic rings. The summed E-state index contributed by atoms with van der Waals surface area (Å²) in [5.41, 5.74) is 0. The number of unbranched alkanes of at least 4 members (excludes halogenated alkanes) is 14. The number of hydrogen-bond donors (Lipinski definition) is 1. The molecule has 0 unspecified atom stereocenters. The summed E-state index contributed by atoms with van der Waals surface area (Å²) in [5, 5.41) is 13.6. The lowest BCUT2D eigenvalue weighted by Crippen LogP contribution is -2.49. The Morgan fingerprint density at radius 3 is 1.57 bits per heavy atom. The van der Waals surface area contributed by atoms with Crippen LogP contribution >= 0.6 is 0 Å². The van der Waals surface area contributed by atoms with Crippen molar-refractivity contribution in [3.63, 3.8) is 0 Å². The molecule has 0 spiro atoms. The van der Waals surface area contributed by atoms with Crippen LogP contribution in [-0.2, 0) is 9.59 Å². The van der Waals surface area contributed by atoms with Gasteiger partial charge in [-0.1, -0.05) is 96.8 Å². The summed E-state index contributed by atoms with van der Waals surface area (Å²) in [6.07, 6.45) is 21.3. The fraction of sp³-hybridized carbons (Fsp3) is 0.920. The van der Waals surface area contributed by atoms with Gasteiger partial charge >= 0.3 is 0 Å². The SMILES string of the molecule is CCCCCCCCCCCCCCCCCC(=O)NCCC[N+](C)(C)CC(=O)[O-]. The standard InChI is InChI=1S/C25H50N2O3/c1-4-5-6-7-8-9-10-11-12-13-14-15-16-17-18-20-24(28)26-21-19-22-27(2,3)23-25(29)30/h4-23H2,1-3H3,(H-,26,28,29,30). The van der Waals surface area contributed by atoms with Gasteiger partial charge in [-0.25, -0.2) is 0 Å². The van der Waals surface area contributed by atoms with Crippen molar-refractivity contribution in [2.24, 2.45) is 0 Å². The maximum atomic E-state index is 11.9. The highest BCUT2D eigenvalue weighted by molar-refractivity contribution is 5.75. The molecule has 0 aromatic carbocycles. The Morgan fingerprint density at radius 1 is 0.700 bits per heavy atom. The smallest absolute Gasteiger partial charge is 0.219 e. The lowest BCUT2D eigenvalue weighted by Gasteiger charge is -2.30. The molecule has 0 saturated heterocycles. The zero-order valence-electron chi connectivity index (χ0n) is 20.3. The monoisotopic (exact) mass is 426 g/mol. The predicted octanol–water partition coefficient (Wildman–Crippen LogP) is 4.58. The number of rotatable bonds is 22. The first-order chi connectivity index (χ1) is 14.4. The first-order valence-corrected chi connectivity index (χ1v) is 12.7. The Labute approximate surface area is 186 Å². The first kappa shape index (κ1) is 28.9. The number of nitrogens with one attached hydrogen (secondary N) is 1. The summed E-state index contributed by atoms with van der Waals surface area (Å²) < 4.78 is 0.386. The largest absolute Gasteiger partial charge is 0.544 e. The normalized spacial score (nSPS) is 11.6. The number of amides is 1. The Morgan fingerprint density at radius 2 is 1.13 bits per heavy atom. The van der Waals surface area contributed by atoms with Crippen LogP contribution in [0.25, 0.3) is 0 Å². The van der Waals surface area contributed by atoms with Crippen LogP contribution < -0.4 is 10.4 Å². The highest BCUT2D eigenvalue weighted by Crippen LogP contribution is 2.13. The van der Waals surface area contributed by atoms with Gasteiger partial charge in [0.25, 0.3) is 0 Å². The molecular formula is C25H50N2O3. The van der Waals surface area contributed by atoms with Crippen LogP contribution in [0, 0.1) is 0 Å². The van der Waals surface area contributed by atoms with Crippen LogP contribution in [0.3, 0.4) is 0 Å².